The molecule has 2 aromatic heterocycles. The summed E-state index contributed by atoms with van der Waals surface area (Å²) in [5.74, 6) is 0.387. The SMILES string of the molecule is COc1cccc(CCOc2cccc(-c3cccc(C(=O)Nc4ccc(F)nc4)c3)n2)c1. The highest BCUT2D eigenvalue weighted by atomic mass is 19.1. The van der Waals surface area contributed by atoms with E-state index >= 15 is 0 Å². The van der Waals surface area contributed by atoms with Crippen molar-refractivity contribution in [1.82, 2.24) is 9.97 Å². The monoisotopic (exact) mass is 443 g/mol. The molecule has 2 heterocycles. The number of hydrogen-bond donors (Lipinski definition) is 1. The van der Waals surface area contributed by atoms with Crippen molar-refractivity contribution in [3.05, 3.63) is 102 Å². The number of nitrogens with zero attached hydrogens (tertiary/aromatic N) is 2. The number of nitrogens with one attached hydrogen (secondary N) is 1. The van der Waals surface area contributed by atoms with Gasteiger partial charge < -0.3 is 14.8 Å². The van der Waals surface area contributed by atoms with Crippen molar-refractivity contribution in [3.63, 3.8) is 0 Å². The molecule has 0 fully saturated rings. The van der Waals surface area contributed by atoms with Crippen LogP contribution in [0.5, 0.6) is 11.6 Å². The molecule has 0 aliphatic heterocycles. The molecule has 2 aromatic carbocycles. The number of carbonyl (C=O) groups is 1. The number of benzene rings is 2. The summed E-state index contributed by atoms with van der Waals surface area (Å²) in [6.45, 7) is 0.470. The van der Waals surface area contributed by atoms with Gasteiger partial charge in [-0.15, -0.1) is 0 Å². The second-order valence-corrected chi connectivity index (χ2v) is 7.22. The van der Waals surface area contributed by atoms with Crippen LogP contribution in [0.4, 0.5) is 10.1 Å². The molecule has 4 aromatic rings. The van der Waals surface area contributed by atoms with E-state index in [2.05, 4.69) is 15.3 Å². The van der Waals surface area contributed by atoms with Crippen molar-refractivity contribution in [2.24, 2.45) is 0 Å². The standard InChI is InChI=1S/C26H22FN3O3/c1-32-22-8-2-5-18(15-22)13-14-33-25-10-4-9-23(30-25)19-6-3-7-20(16-19)26(31)29-21-11-12-24(27)28-17-21/h2-12,15-17H,13-14H2,1H3,(H,29,31). The van der Waals surface area contributed by atoms with E-state index in [9.17, 15) is 9.18 Å². The van der Waals surface area contributed by atoms with E-state index < -0.39 is 5.95 Å². The smallest absolute Gasteiger partial charge is 0.255 e. The van der Waals surface area contributed by atoms with Gasteiger partial charge in [-0.2, -0.15) is 4.39 Å². The molecule has 1 amide bonds. The Morgan fingerprint density at radius 1 is 1.00 bits per heavy atom. The van der Waals surface area contributed by atoms with Gasteiger partial charge in [-0.05, 0) is 48.0 Å². The molecule has 7 heteroatoms. The second-order valence-electron chi connectivity index (χ2n) is 7.22. The fourth-order valence-corrected chi connectivity index (χ4v) is 3.23. The van der Waals surface area contributed by atoms with E-state index in [1.54, 1.807) is 31.4 Å². The number of amides is 1. The van der Waals surface area contributed by atoms with Crippen molar-refractivity contribution in [1.29, 1.82) is 0 Å². The Balaban J connectivity index is 1.42. The number of anilines is 1. The van der Waals surface area contributed by atoms with E-state index in [1.165, 1.54) is 18.3 Å². The predicted octanol–water partition coefficient (Wildman–Crippen LogP) is 5.17. The van der Waals surface area contributed by atoms with Gasteiger partial charge in [-0.25, -0.2) is 9.97 Å². The molecular weight excluding hydrogens is 421 g/mol. The summed E-state index contributed by atoms with van der Waals surface area (Å²) in [4.78, 5) is 20.7. The van der Waals surface area contributed by atoms with Crippen LogP contribution in [0, 0.1) is 5.95 Å². The van der Waals surface area contributed by atoms with Gasteiger partial charge in [0.25, 0.3) is 5.91 Å². The zero-order chi connectivity index (χ0) is 23.0. The summed E-state index contributed by atoms with van der Waals surface area (Å²) < 4.78 is 24.1. The summed E-state index contributed by atoms with van der Waals surface area (Å²) in [7, 11) is 1.64. The molecule has 0 unspecified atom stereocenters. The van der Waals surface area contributed by atoms with Crippen molar-refractivity contribution >= 4 is 11.6 Å². The molecule has 166 valence electrons. The van der Waals surface area contributed by atoms with Gasteiger partial charge in [0.05, 0.1) is 31.3 Å². The molecule has 0 spiro atoms. The van der Waals surface area contributed by atoms with Crippen LogP contribution in [0.1, 0.15) is 15.9 Å². The normalized spacial score (nSPS) is 10.5. The maximum atomic E-state index is 13.0. The number of carbonyl (C=O) groups excluding carboxylic acids is 1. The number of hydrogen-bond acceptors (Lipinski definition) is 5. The number of ether oxygens (including phenoxy) is 2. The van der Waals surface area contributed by atoms with Gasteiger partial charge in [-0.3, -0.25) is 4.79 Å². The van der Waals surface area contributed by atoms with Gasteiger partial charge in [-0.1, -0.05) is 30.3 Å². The first-order valence-electron chi connectivity index (χ1n) is 10.4. The minimum atomic E-state index is -0.605. The van der Waals surface area contributed by atoms with Crippen molar-refractivity contribution in [2.75, 3.05) is 19.0 Å². The van der Waals surface area contributed by atoms with Crippen molar-refractivity contribution in [2.45, 2.75) is 6.42 Å². The summed E-state index contributed by atoms with van der Waals surface area (Å²) in [6.07, 6.45) is 1.99. The first-order chi connectivity index (χ1) is 16.1. The predicted molar refractivity (Wildman–Crippen MR) is 124 cm³/mol. The minimum Gasteiger partial charge on any atom is -0.497 e. The Hall–Kier alpha value is -4.26. The molecule has 0 bridgehead atoms. The molecule has 0 saturated heterocycles. The van der Waals surface area contributed by atoms with Crippen LogP contribution in [0.2, 0.25) is 0 Å². The third-order valence-electron chi connectivity index (χ3n) is 4.90. The van der Waals surface area contributed by atoms with Gasteiger partial charge in [0.15, 0.2) is 0 Å². The lowest BCUT2D eigenvalue weighted by Gasteiger charge is -2.09. The highest BCUT2D eigenvalue weighted by Gasteiger charge is 2.10. The fraction of sp³-hybridized carbons (Fsp3) is 0.115. The van der Waals surface area contributed by atoms with E-state index in [0.717, 1.165) is 23.3 Å². The average molecular weight is 443 g/mol. The first kappa shape index (κ1) is 22.0. The van der Waals surface area contributed by atoms with Crippen molar-refractivity contribution in [3.8, 4) is 22.9 Å². The Kier molecular flexibility index (Phi) is 6.90. The molecule has 0 aliphatic rings. The Morgan fingerprint density at radius 3 is 2.67 bits per heavy atom. The Labute approximate surface area is 191 Å². The molecule has 0 atom stereocenters. The Morgan fingerprint density at radius 2 is 1.85 bits per heavy atom. The molecule has 1 N–H and O–H groups in total. The van der Waals surface area contributed by atoms with Gasteiger partial charge in [0, 0.05) is 23.6 Å². The topological polar surface area (TPSA) is 73.3 Å². The maximum absolute atomic E-state index is 13.0. The third-order valence-corrected chi connectivity index (χ3v) is 4.90. The number of rotatable bonds is 8. The molecular formula is C26H22FN3O3. The largest absolute Gasteiger partial charge is 0.497 e. The fourth-order valence-electron chi connectivity index (χ4n) is 3.23. The van der Waals surface area contributed by atoms with E-state index in [4.69, 9.17) is 9.47 Å². The molecule has 6 nitrogen and oxygen atoms in total. The summed E-state index contributed by atoms with van der Waals surface area (Å²) in [6, 6.07) is 23.1. The Bertz CT molecular complexity index is 1250. The summed E-state index contributed by atoms with van der Waals surface area (Å²) in [5.41, 5.74) is 3.44. The van der Waals surface area contributed by atoms with Crippen molar-refractivity contribution < 1.29 is 18.7 Å². The highest BCUT2D eigenvalue weighted by molar-refractivity contribution is 6.04. The first-order valence-corrected chi connectivity index (χ1v) is 10.4. The number of methoxy groups -OCH3 is 1. The lowest BCUT2D eigenvalue weighted by molar-refractivity contribution is 0.102. The van der Waals surface area contributed by atoms with Gasteiger partial charge in [0.2, 0.25) is 11.8 Å². The van der Waals surface area contributed by atoms with E-state index in [0.29, 0.717) is 29.4 Å². The van der Waals surface area contributed by atoms with Gasteiger partial charge in [0.1, 0.15) is 5.75 Å². The van der Waals surface area contributed by atoms with Crippen LogP contribution in [0.3, 0.4) is 0 Å². The molecule has 0 saturated carbocycles. The van der Waals surface area contributed by atoms with Crippen LogP contribution in [-0.4, -0.2) is 29.6 Å². The molecule has 0 aliphatic carbocycles. The van der Waals surface area contributed by atoms with Crippen LogP contribution in [-0.2, 0) is 6.42 Å². The maximum Gasteiger partial charge on any atom is 0.255 e. The van der Waals surface area contributed by atoms with E-state index in [1.807, 2.05) is 42.5 Å². The minimum absolute atomic E-state index is 0.323. The average Bonchev–Trinajstić information content (AvgIpc) is 2.86. The summed E-state index contributed by atoms with van der Waals surface area (Å²) in [5, 5.41) is 2.70. The van der Waals surface area contributed by atoms with Crippen LogP contribution < -0.4 is 14.8 Å². The number of pyridine rings is 2. The number of aromatic nitrogens is 2. The lowest BCUT2D eigenvalue weighted by atomic mass is 10.1. The molecule has 0 radical (unpaired) electrons. The zero-order valence-corrected chi connectivity index (χ0v) is 18.0. The van der Waals surface area contributed by atoms with Gasteiger partial charge >= 0.3 is 0 Å². The second kappa shape index (κ2) is 10.4. The molecule has 33 heavy (non-hydrogen) atoms. The lowest BCUT2D eigenvalue weighted by Crippen LogP contribution is -2.12. The molecule has 4 rings (SSSR count). The van der Waals surface area contributed by atoms with Crippen LogP contribution in [0.25, 0.3) is 11.3 Å². The quantitative estimate of drug-likeness (QED) is 0.381. The van der Waals surface area contributed by atoms with Crippen LogP contribution >= 0.6 is 0 Å². The third kappa shape index (κ3) is 5.92. The highest BCUT2D eigenvalue weighted by Crippen LogP contribution is 2.22. The van der Waals surface area contributed by atoms with Crippen LogP contribution in [0.15, 0.2) is 85.1 Å². The summed E-state index contributed by atoms with van der Waals surface area (Å²) >= 11 is 0. The van der Waals surface area contributed by atoms with E-state index in [-0.39, 0.29) is 5.91 Å². The zero-order valence-electron chi connectivity index (χ0n) is 18.0. The number of halogens is 1.